The summed E-state index contributed by atoms with van der Waals surface area (Å²) in [7, 11) is 0. The molecule has 2 aromatic heterocycles. The van der Waals surface area contributed by atoms with Crippen LogP contribution in [0.1, 0.15) is 35.4 Å². The zero-order valence-electron chi connectivity index (χ0n) is 10.1. The van der Waals surface area contributed by atoms with Crippen molar-refractivity contribution in [3.8, 4) is 0 Å². The van der Waals surface area contributed by atoms with Gasteiger partial charge in [0.15, 0.2) is 0 Å². The highest BCUT2D eigenvalue weighted by atomic mass is 32.1. The van der Waals surface area contributed by atoms with Gasteiger partial charge in [-0.15, -0.1) is 22.7 Å². The lowest BCUT2D eigenvalue weighted by atomic mass is 10.2. The van der Waals surface area contributed by atoms with Crippen LogP contribution in [0.2, 0.25) is 0 Å². The van der Waals surface area contributed by atoms with E-state index >= 15 is 0 Å². The summed E-state index contributed by atoms with van der Waals surface area (Å²) in [5.41, 5.74) is 0. The molecule has 2 aromatic rings. The van der Waals surface area contributed by atoms with E-state index in [1.807, 2.05) is 11.4 Å². The van der Waals surface area contributed by atoms with Crippen LogP contribution >= 0.6 is 22.7 Å². The fourth-order valence-corrected chi connectivity index (χ4v) is 3.78. The Hall–Kier alpha value is -0.910. The zero-order valence-corrected chi connectivity index (χ0v) is 11.8. The number of rotatable bonds is 7. The van der Waals surface area contributed by atoms with Gasteiger partial charge in [0.1, 0.15) is 0 Å². The fourth-order valence-electron chi connectivity index (χ4n) is 1.76. The number of nitrogens with one attached hydrogen (secondary N) is 1. The number of hydrogen-bond donors (Lipinski definition) is 2. The minimum Gasteiger partial charge on any atom is -0.396 e. The fraction of sp³-hybridized carbons (Fsp3) is 0.462. The molecule has 2 heterocycles. The summed E-state index contributed by atoms with van der Waals surface area (Å²) in [5, 5.41) is 13.6. The smallest absolute Gasteiger partial charge is 0.261 e. The first-order valence-electron chi connectivity index (χ1n) is 6.17. The standard InChI is InChI=1S/C13H17NO2S2/c15-7-4-2-1-3-6-14-13(16)12-9-11-10(18-12)5-8-17-11/h5,8-9,15H,1-4,6-7H2,(H,14,16). The maximum absolute atomic E-state index is 11.9. The van der Waals surface area contributed by atoms with E-state index in [0.29, 0.717) is 0 Å². The van der Waals surface area contributed by atoms with Crippen LogP contribution in [0.3, 0.4) is 0 Å². The van der Waals surface area contributed by atoms with E-state index in [9.17, 15) is 4.79 Å². The molecule has 0 bridgehead atoms. The minimum absolute atomic E-state index is 0.0329. The normalized spacial score (nSPS) is 10.9. The lowest BCUT2D eigenvalue weighted by Crippen LogP contribution is -2.23. The van der Waals surface area contributed by atoms with Crippen molar-refractivity contribution >= 4 is 38.0 Å². The summed E-state index contributed by atoms with van der Waals surface area (Å²) in [5.74, 6) is 0.0329. The highest BCUT2D eigenvalue weighted by Crippen LogP contribution is 2.29. The van der Waals surface area contributed by atoms with Gasteiger partial charge in [0.2, 0.25) is 0 Å². The predicted octanol–water partition coefficient (Wildman–Crippen LogP) is 3.25. The third-order valence-electron chi connectivity index (χ3n) is 2.73. The predicted molar refractivity (Wildman–Crippen MR) is 77.6 cm³/mol. The Morgan fingerprint density at radius 2 is 2.06 bits per heavy atom. The second kappa shape index (κ2) is 6.87. The Morgan fingerprint density at radius 3 is 2.83 bits per heavy atom. The van der Waals surface area contributed by atoms with E-state index < -0.39 is 0 Å². The summed E-state index contributed by atoms with van der Waals surface area (Å²) in [6.07, 6.45) is 3.92. The molecule has 0 aliphatic rings. The van der Waals surface area contributed by atoms with E-state index in [-0.39, 0.29) is 12.5 Å². The van der Waals surface area contributed by atoms with Crippen LogP contribution < -0.4 is 5.32 Å². The van der Waals surface area contributed by atoms with Crippen LogP contribution in [-0.4, -0.2) is 24.2 Å². The van der Waals surface area contributed by atoms with Gasteiger partial charge in [0.05, 0.1) is 4.88 Å². The lowest BCUT2D eigenvalue weighted by Gasteiger charge is -2.02. The molecule has 0 saturated carbocycles. The highest BCUT2D eigenvalue weighted by Gasteiger charge is 2.09. The molecule has 1 amide bonds. The van der Waals surface area contributed by atoms with E-state index in [1.54, 1.807) is 22.7 Å². The molecule has 2 rings (SSSR count). The summed E-state index contributed by atoms with van der Waals surface area (Å²) >= 11 is 3.22. The van der Waals surface area contributed by atoms with Crippen LogP contribution in [0.15, 0.2) is 17.5 Å². The van der Waals surface area contributed by atoms with Crippen LogP contribution in [0, 0.1) is 0 Å². The topological polar surface area (TPSA) is 49.3 Å². The molecule has 0 unspecified atom stereocenters. The molecule has 0 aliphatic carbocycles. The SMILES string of the molecule is O=C(NCCCCCCO)c1cc2sccc2s1. The molecule has 3 nitrogen and oxygen atoms in total. The number of amides is 1. The molecule has 0 spiro atoms. The van der Waals surface area contributed by atoms with E-state index in [0.717, 1.165) is 37.1 Å². The van der Waals surface area contributed by atoms with Crippen LogP contribution in [0.4, 0.5) is 0 Å². The van der Waals surface area contributed by atoms with Crippen molar-refractivity contribution in [1.29, 1.82) is 0 Å². The Balaban J connectivity index is 1.73. The monoisotopic (exact) mass is 283 g/mol. The molecule has 18 heavy (non-hydrogen) atoms. The maximum Gasteiger partial charge on any atom is 0.261 e. The van der Waals surface area contributed by atoms with E-state index in [4.69, 9.17) is 5.11 Å². The van der Waals surface area contributed by atoms with Crippen LogP contribution in [-0.2, 0) is 0 Å². The largest absolute Gasteiger partial charge is 0.396 e. The van der Waals surface area contributed by atoms with Gasteiger partial charge in [0.25, 0.3) is 5.91 Å². The maximum atomic E-state index is 11.9. The van der Waals surface area contributed by atoms with Crippen molar-refractivity contribution in [2.24, 2.45) is 0 Å². The van der Waals surface area contributed by atoms with Gasteiger partial charge in [-0.1, -0.05) is 12.8 Å². The molecule has 5 heteroatoms. The molecular weight excluding hydrogens is 266 g/mol. The lowest BCUT2D eigenvalue weighted by molar-refractivity contribution is 0.0957. The van der Waals surface area contributed by atoms with Gasteiger partial charge in [-0.25, -0.2) is 0 Å². The van der Waals surface area contributed by atoms with Gasteiger partial charge < -0.3 is 10.4 Å². The van der Waals surface area contributed by atoms with Crippen molar-refractivity contribution in [2.45, 2.75) is 25.7 Å². The molecule has 0 fully saturated rings. The summed E-state index contributed by atoms with van der Waals surface area (Å²) < 4.78 is 2.38. The Bertz CT molecular complexity index is 475. The van der Waals surface area contributed by atoms with Crippen LogP contribution in [0.25, 0.3) is 9.40 Å². The number of unbranched alkanes of at least 4 members (excludes halogenated alkanes) is 3. The Kier molecular flexibility index (Phi) is 5.16. The number of carbonyl (C=O) groups is 1. The minimum atomic E-state index is 0.0329. The quantitative estimate of drug-likeness (QED) is 0.766. The van der Waals surface area contributed by atoms with Gasteiger partial charge in [-0.2, -0.15) is 0 Å². The van der Waals surface area contributed by atoms with Crippen molar-refractivity contribution in [3.05, 3.63) is 22.4 Å². The summed E-state index contributed by atoms with van der Waals surface area (Å²) in [6, 6.07) is 4.02. The molecule has 0 saturated heterocycles. The number of fused-ring (bicyclic) bond motifs is 1. The van der Waals surface area contributed by atoms with E-state index in [2.05, 4.69) is 11.4 Å². The first-order valence-corrected chi connectivity index (χ1v) is 7.87. The molecule has 98 valence electrons. The second-order valence-electron chi connectivity index (χ2n) is 4.15. The van der Waals surface area contributed by atoms with Gasteiger partial charge in [0, 0.05) is 22.6 Å². The molecule has 0 aromatic carbocycles. The second-order valence-corrected chi connectivity index (χ2v) is 6.18. The molecule has 0 aliphatic heterocycles. The average molecular weight is 283 g/mol. The molecule has 0 atom stereocenters. The summed E-state index contributed by atoms with van der Waals surface area (Å²) in [4.78, 5) is 12.7. The number of thiophene rings is 2. The van der Waals surface area contributed by atoms with Crippen molar-refractivity contribution in [3.63, 3.8) is 0 Å². The number of aliphatic hydroxyl groups excluding tert-OH is 1. The third-order valence-corrected chi connectivity index (χ3v) is 4.83. The summed E-state index contributed by atoms with van der Waals surface area (Å²) in [6.45, 7) is 0.980. The third kappa shape index (κ3) is 3.54. The first-order chi connectivity index (χ1) is 8.81. The highest BCUT2D eigenvalue weighted by molar-refractivity contribution is 7.27. The molecule has 2 N–H and O–H groups in total. The van der Waals surface area contributed by atoms with E-state index in [1.165, 1.54) is 9.40 Å². The van der Waals surface area contributed by atoms with Crippen molar-refractivity contribution in [2.75, 3.05) is 13.2 Å². The van der Waals surface area contributed by atoms with Gasteiger partial charge in [-0.05, 0) is 30.4 Å². The van der Waals surface area contributed by atoms with Gasteiger partial charge >= 0.3 is 0 Å². The Labute approximate surface area is 114 Å². The zero-order chi connectivity index (χ0) is 12.8. The number of aliphatic hydroxyl groups is 1. The number of hydrogen-bond acceptors (Lipinski definition) is 4. The number of carbonyl (C=O) groups excluding carboxylic acids is 1. The van der Waals surface area contributed by atoms with Crippen LogP contribution in [0.5, 0.6) is 0 Å². The molecule has 0 radical (unpaired) electrons. The molecular formula is C13H17NO2S2. The Morgan fingerprint density at radius 1 is 1.22 bits per heavy atom. The average Bonchev–Trinajstić information content (AvgIpc) is 2.93. The van der Waals surface area contributed by atoms with Crippen molar-refractivity contribution in [1.82, 2.24) is 5.32 Å². The first kappa shape index (κ1) is 13.5. The van der Waals surface area contributed by atoms with Crippen molar-refractivity contribution < 1.29 is 9.90 Å². The van der Waals surface area contributed by atoms with Gasteiger partial charge in [-0.3, -0.25) is 4.79 Å².